The van der Waals surface area contributed by atoms with E-state index in [-0.39, 0.29) is 4.90 Å². The minimum absolute atomic E-state index is 0.265. The number of carbonyl (C=O) groups is 1. The van der Waals surface area contributed by atoms with Crippen molar-refractivity contribution >= 4 is 15.8 Å². The lowest BCUT2D eigenvalue weighted by molar-refractivity contribution is -0.146. The molecule has 1 aromatic carbocycles. The van der Waals surface area contributed by atoms with E-state index >= 15 is 0 Å². The van der Waals surface area contributed by atoms with Gasteiger partial charge < -0.3 is 5.11 Å². The summed E-state index contributed by atoms with van der Waals surface area (Å²) >= 11 is 0. The van der Waals surface area contributed by atoms with Gasteiger partial charge in [0.15, 0.2) is 9.84 Å². The maximum Gasteiger partial charge on any atom is 0.309 e. The molecule has 1 rings (SSSR count). The fourth-order valence-electron chi connectivity index (χ4n) is 1.74. The third-order valence-electron chi connectivity index (χ3n) is 2.88. The highest BCUT2D eigenvalue weighted by Gasteiger charge is 2.27. The lowest BCUT2D eigenvalue weighted by Crippen LogP contribution is -2.26. The molecular weight excluding hydrogens is 252 g/mol. The molecule has 0 radical (unpaired) electrons. The van der Waals surface area contributed by atoms with Crippen LogP contribution in [0.1, 0.15) is 25.0 Å². The molecule has 18 heavy (non-hydrogen) atoms. The van der Waals surface area contributed by atoms with E-state index in [0.29, 0.717) is 17.5 Å². The fraction of sp³-hybridized carbons (Fsp3) is 0.462. The van der Waals surface area contributed by atoms with E-state index < -0.39 is 21.2 Å². The van der Waals surface area contributed by atoms with E-state index in [1.54, 1.807) is 39.0 Å². The molecule has 0 fully saturated rings. The van der Waals surface area contributed by atoms with Crippen LogP contribution < -0.4 is 0 Å². The molecule has 1 N–H and O–H groups in total. The van der Waals surface area contributed by atoms with Crippen LogP contribution in [0.5, 0.6) is 0 Å². The molecule has 0 aliphatic carbocycles. The van der Waals surface area contributed by atoms with Crippen LogP contribution in [0.4, 0.5) is 0 Å². The van der Waals surface area contributed by atoms with Crippen LogP contribution in [0, 0.1) is 12.3 Å². The summed E-state index contributed by atoms with van der Waals surface area (Å²) in [7, 11) is -3.28. The molecule has 0 aromatic heterocycles. The highest BCUT2D eigenvalue weighted by atomic mass is 32.2. The molecule has 0 bridgehead atoms. The summed E-state index contributed by atoms with van der Waals surface area (Å²) in [6, 6.07) is 5.05. The minimum Gasteiger partial charge on any atom is -0.481 e. The molecule has 5 heteroatoms. The van der Waals surface area contributed by atoms with Gasteiger partial charge in [-0.25, -0.2) is 8.42 Å². The summed E-state index contributed by atoms with van der Waals surface area (Å²) in [4.78, 5) is 11.3. The molecule has 0 atom stereocenters. The molecule has 0 aliphatic rings. The molecule has 0 spiro atoms. The van der Waals surface area contributed by atoms with Gasteiger partial charge in [-0.1, -0.05) is 12.1 Å². The Morgan fingerprint density at radius 1 is 1.33 bits per heavy atom. The average molecular weight is 270 g/mol. The number of rotatable bonds is 4. The van der Waals surface area contributed by atoms with Crippen molar-refractivity contribution in [1.29, 1.82) is 0 Å². The maximum atomic E-state index is 11.6. The zero-order valence-electron chi connectivity index (χ0n) is 11.0. The number of aryl methyl sites for hydroxylation is 1. The van der Waals surface area contributed by atoms with Gasteiger partial charge in [0.25, 0.3) is 0 Å². The first-order valence-electron chi connectivity index (χ1n) is 5.57. The molecule has 0 saturated heterocycles. The molecule has 0 heterocycles. The number of carboxylic acid groups (broad SMARTS) is 1. The first kappa shape index (κ1) is 14.7. The molecule has 0 saturated carbocycles. The Morgan fingerprint density at radius 2 is 1.89 bits per heavy atom. The van der Waals surface area contributed by atoms with Crippen molar-refractivity contribution in [3.8, 4) is 0 Å². The quantitative estimate of drug-likeness (QED) is 0.909. The second-order valence-corrected chi connectivity index (χ2v) is 7.22. The fourth-order valence-corrected chi connectivity index (χ4v) is 2.76. The van der Waals surface area contributed by atoms with Crippen LogP contribution >= 0.6 is 0 Å². The Balaban J connectivity index is 3.19. The van der Waals surface area contributed by atoms with Crippen molar-refractivity contribution in [1.82, 2.24) is 0 Å². The summed E-state index contributed by atoms with van der Waals surface area (Å²) in [5, 5.41) is 9.07. The Morgan fingerprint density at radius 3 is 2.33 bits per heavy atom. The number of hydrogen-bond acceptors (Lipinski definition) is 3. The van der Waals surface area contributed by atoms with Crippen molar-refractivity contribution in [3.63, 3.8) is 0 Å². The van der Waals surface area contributed by atoms with E-state index in [1.807, 2.05) is 0 Å². The summed E-state index contributed by atoms with van der Waals surface area (Å²) in [5.41, 5.74) is 0.479. The van der Waals surface area contributed by atoms with Crippen molar-refractivity contribution < 1.29 is 18.3 Å². The number of hydrogen-bond donors (Lipinski definition) is 1. The molecular formula is C13H18O4S. The van der Waals surface area contributed by atoms with E-state index in [1.165, 1.54) is 0 Å². The van der Waals surface area contributed by atoms with Crippen molar-refractivity contribution in [3.05, 3.63) is 29.3 Å². The number of carboxylic acids is 1. The summed E-state index contributed by atoms with van der Waals surface area (Å²) < 4.78 is 23.2. The van der Waals surface area contributed by atoms with E-state index in [9.17, 15) is 13.2 Å². The van der Waals surface area contributed by atoms with Crippen molar-refractivity contribution in [2.45, 2.75) is 32.1 Å². The third-order valence-corrected chi connectivity index (χ3v) is 4.12. The minimum atomic E-state index is -3.28. The normalized spacial score (nSPS) is 12.4. The predicted molar refractivity (Wildman–Crippen MR) is 69.4 cm³/mol. The van der Waals surface area contributed by atoms with E-state index in [4.69, 9.17) is 5.11 Å². The Hall–Kier alpha value is -1.36. The zero-order chi connectivity index (χ0) is 14.1. The number of aliphatic carboxylic acids is 1. The maximum absolute atomic E-state index is 11.6. The monoisotopic (exact) mass is 270 g/mol. The highest BCUT2D eigenvalue weighted by Crippen LogP contribution is 2.25. The highest BCUT2D eigenvalue weighted by molar-refractivity contribution is 7.90. The first-order valence-corrected chi connectivity index (χ1v) is 7.46. The second kappa shape index (κ2) is 4.72. The van der Waals surface area contributed by atoms with Crippen LogP contribution in [-0.2, 0) is 21.1 Å². The number of sulfone groups is 1. The zero-order valence-corrected chi connectivity index (χ0v) is 11.8. The van der Waals surface area contributed by atoms with Crippen LogP contribution in [0.3, 0.4) is 0 Å². The molecule has 100 valence electrons. The Kier molecular flexibility index (Phi) is 3.86. The molecule has 0 aliphatic heterocycles. The van der Waals surface area contributed by atoms with Crippen LogP contribution in [0.2, 0.25) is 0 Å². The third kappa shape index (κ3) is 3.32. The molecule has 1 aromatic rings. The summed E-state index contributed by atoms with van der Waals surface area (Å²) in [6.45, 7) is 4.97. The predicted octanol–water partition coefficient (Wildman–Crippen LogP) is 2.05. The lowest BCUT2D eigenvalue weighted by atomic mass is 9.86. The van der Waals surface area contributed by atoms with Gasteiger partial charge in [0.05, 0.1) is 10.3 Å². The first-order chi connectivity index (χ1) is 8.04. The lowest BCUT2D eigenvalue weighted by Gasteiger charge is -2.19. The molecule has 0 amide bonds. The van der Waals surface area contributed by atoms with Gasteiger partial charge in [-0.15, -0.1) is 0 Å². The Labute approximate surface area is 108 Å². The average Bonchev–Trinajstić information content (AvgIpc) is 2.18. The standard InChI is InChI=1S/C13H18O4S/c1-9-5-6-10(7-11(9)18(4,16)17)8-13(2,3)12(14)15/h5-7H,8H2,1-4H3,(H,14,15). The summed E-state index contributed by atoms with van der Waals surface area (Å²) in [6.07, 6.45) is 1.45. The Bertz CT molecular complexity index is 571. The van der Waals surface area contributed by atoms with E-state index in [2.05, 4.69) is 0 Å². The van der Waals surface area contributed by atoms with Gasteiger partial charge in [0.1, 0.15) is 0 Å². The van der Waals surface area contributed by atoms with Crippen LogP contribution in [0.25, 0.3) is 0 Å². The van der Waals surface area contributed by atoms with Gasteiger partial charge in [0.2, 0.25) is 0 Å². The van der Waals surface area contributed by atoms with Gasteiger partial charge >= 0.3 is 5.97 Å². The van der Waals surface area contributed by atoms with Crippen molar-refractivity contribution in [2.24, 2.45) is 5.41 Å². The smallest absolute Gasteiger partial charge is 0.309 e. The van der Waals surface area contributed by atoms with Crippen LogP contribution in [-0.4, -0.2) is 25.7 Å². The van der Waals surface area contributed by atoms with Gasteiger partial charge in [-0.3, -0.25) is 4.79 Å². The second-order valence-electron chi connectivity index (χ2n) is 5.24. The molecule has 4 nitrogen and oxygen atoms in total. The van der Waals surface area contributed by atoms with Gasteiger partial charge in [-0.05, 0) is 44.4 Å². The SMILES string of the molecule is Cc1ccc(CC(C)(C)C(=O)O)cc1S(C)(=O)=O. The summed E-state index contributed by atoms with van der Waals surface area (Å²) in [5.74, 6) is -0.899. The largest absolute Gasteiger partial charge is 0.481 e. The van der Waals surface area contributed by atoms with Crippen LogP contribution in [0.15, 0.2) is 23.1 Å². The number of benzene rings is 1. The topological polar surface area (TPSA) is 71.4 Å². The van der Waals surface area contributed by atoms with Crippen molar-refractivity contribution in [2.75, 3.05) is 6.26 Å². The van der Waals surface area contributed by atoms with Gasteiger partial charge in [0, 0.05) is 6.26 Å². The molecule has 0 unspecified atom stereocenters. The van der Waals surface area contributed by atoms with Gasteiger partial charge in [-0.2, -0.15) is 0 Å². The van der Waals surface area contributed by atoms with E-state index in [0.717, 1.165) is 6.26 Å².